The summed E-state index contributed by atoms with van der Waals surface area (Å²) in [5.74, 6) is -0.0697. The standard InChI is InChI=1S/C16H22N4O/c1-10(2)15(17)16(21)18-13-6-5-7-14(9-13)20-12(4)8-11(3)19-20/h5-10,15H,17H2,1-4H3,(H,18,21)/t15-/m0/s1. The molecule has 1 heterocycles. The Morgan fingerprint density at radius 3 is 2.57 bits per heavy atom. The van der Waals surface area contributed by atoms with Gasteiger partial charge in [0.2, 0.25) is 5.91 Å². The number of aromatic nitrogens is 2. The van der Waals surface area contributed by atoms with Crippen LogP contribution in [0.2, 0.25) is 0 Å². The Bertz CT molecular complexity index is 645. The molecule has 5 nitrogen and oxygen atoms in total. The van der Waals surface area contributed by atoms with Gasteiger partial charge in [0.05, 0.1) is 17.4 Å². The van der Waals surface area contributed by atoms with Crippen molar-refractivity contribution in [2.75, 3.05) is 5.32 Å². The molecular formula is C16H22N4O. The average molecular weight is 286 g/mol. The van der Waals surface area contributed by atoms with Gasteiger partial charge in [0, 0.05) is 11.4 Å². The van der Waals surface area contributed by atoms with Gasteiger partial charge in [-0.2, -0.15) is 5.10 Å². The van der Waals surface area contributed by atoms with E-state index in [0.29, 0.717) is 0 Å². The normalized spacial score (nSPS) is 12.5. The number of rotatable bonds is 4. The predicted molar refractivity (Wildman–Crippen MR) is 84.5 cm³/mol. The van der Waals surface area contributed by atoms with E-state index in [1.54, 1.807) is 0 Å². The van der Waals surface area contributed by atoms with Crippen molar-refractivity contribution in [3.05, 3.63) is 41.7 Å². The average Bonchev–Trinajstić information content (AvgIpc) is 2.77. The van der Waals surface area contributed by atoms with Crippen molar-refractivity contribution in [3.63, 3.8) is 0 Å². The molecule has 0 saturated heterocycles. The highest BCUT2D eigenvalue weighted by Gasteiger charge is 2.17. The second-order valence-corrected chi connectivity index (χ2v) is 5.65. The molecule has 1 aromatic heterocycles. The molecule has 2 rings (SSSR count). The van der Waals surface area contributed by atoms with Crippen molar-refractivity contribution in [1.82, 2.24) is 9.78 Å². The summed E-state index contributed by atoms with van der Waals surface area (Å²) in [7, 11) is 0. The summed E-state index contributed by atoms with van der Waals surface area (Å²) < 4.78 is 1.85. The van der Waals surface area contributed by atoms with E-state index in [2.05, 4.69) is 10.4 Å². The highest BCUT2D eigenvalue weighted by atomic mass is 16.2. The molecule has 0 saturated carbocycles. The Labute approximate surface area is 125 Å². The van der Waals surface area contributed by atoms with Crippen molar-refractivity contribution >= 4 is 11.6 Å². The van der Waals surface area contributed by atoms with Gasteiger partial charge in [-0.15, -0.1) is 0 Å². The first kappa shape index (κ1) is 15.3. The topological polar surface area (TPSA) is 72.9 Å². The number of carbonyl (C=O) groups excluding carboxylic acids is 1. The van der Waals surface area contributed by atoms with E-state index < -0.39 is 6.04 Å². The number of nitrogens with zero attached hydrogens (tertiary/aromatic N) is 2. The third-order valence-corrected chi connectivity index (χ3v) is 3.39. The minimum atomic E-state index is -0.512. The lowest BCUT2D eigenvalue weighted by atomic mass is 10.0. The molecule has 2 aromatic rings. The van der Waals surface area contributed by atoms with Crippen LogP contribution in [-0.4, -0.2) is 21.7 Å². The van der Waals surface area contributed by atoms with Crippen LogP contribution >= 0.6 is 0 Å². The van der Waals surface area contributed by atoms with Crippen LogP contribution in [0, 0.1) is 19.8 Å². The fourth-order valence-electron chi connectivity index (χ4n) is 2.13. The molecule has 112 valence electrons. The summed E-state index contributed by atoms with van der Waals surface area (Å²) in [4.78, 5) is 12.0. The van der Waals surface area contributed by atoms with Crippen molar-refractivity contribution < 1.29 is 4.79 Å². The quantitative estimate of drug-likeness (QED) is 0.906. The van der Waals surface area contributed by atoms with Gasteiger partial charge < -0.3 is 11.1 Å². The van der Waals surface area contributed by atoms with Crippen LogP contribution in [0.5, 0.6) is 0 Å². The van der Waals surface area contributed by atoms with E-state index in [-0.39, 0.29) is 11.8 Å². The maximum atomic E-state index is 12.0. The highest BCUT2D eigenvalue weighted by molar-refractivity contribution is 5.95. The molecule has 0 aliphatic heterocycles. The third kappa shape index (κ3) is 3.49. The summed E-state index contributed by atoms with van der Waals surface area (Å²) in [6.07, 6.45) is 0. The minimum absolute atomic E-state index is 0.101. The van der Waals surface area contributed by atoms with Crippen LogP contribution in [0.1, 0.15) is 25.2 Å². The number of aryl methyl sites for hydroxylation is 2. The molecular weight excluding hydrogens is 264 g/mol. The molecule has 0 fully saturated rings. The number of anilines is 1. The zero-order valence-corrected chi connectivity index (χ0v) is 12.9. The summed E-state index contributed by atoms with van der Waals surface area (Å²) in [5.41, 5.74) is 9.50. The van der Waals surface area contributed by atoms with Gasteiger partial charge in [0.1, 0.15) is 0 Å². The van der Waals surface area contributed by atoms with Crippen LogP contribution in [0.25, 0.3) is 5.69 Å². The van der Waals surface area contributed by atoms with E-state index >= 15 is 0 Å². The minimum Gasteiger partial charge on any atom is -0.325 e. The lowest BCUT2D eigenvalue weighted by Gasteiger charge is -2.16. The van der Waals surface area contributed by atoms with Crippen LogP contribution in [0.15, 0.2) is 30.3 Å². The summed E-state index contributed by atoms with van der Waals surface area (Å²) >= 11 is 0. The second-order valence-electron chi connectivity index (χ2n) is 5.65. The number of carbonyl (C=O) groups is 1. The zero-order chi connectivity index (χ0) is 15.6. The maximum Gasteiger partial charge on any atom is 0.241 e. The van der Waals surface area contributed by atoms with Gasteiger partial charge in [0.25, 0.3) is 0 Å². The second kappa shape index (κ2) is 6.10. The summed E-state index contributed by atoms with van der Waals surface area (Å²) in [6, 6.07) is 9.09. The molecule has 0 spiro atoms. The van der Waals surface area contributed by atoms with Crippen LogP contribution in [-0.2, 0) is 4.79 Å². The van der Waals surface area contributed by atoms with E-state index in [1.165, 1.54) is 0 Å². The van der Waals surface area contributed by atoms with Gasteiger partial charge in [-0.3, -0.25) is 4.79 Å². The van der Waals surface area contributed by atoms with Crippen molar-refractivity contribution in [2.45, 2.75) is 33.7 Å². The number of hydrogen-bond donors (Lipinski definition) is 2. The van der Waals surface area contributed by atoms with Gasteiger partial charge in [0.15, 0.2) is 0 Å². The fraction of sp³-hybridized carbons (Fsp3) is 0.375. The number of nitrogens with one attached hydrogen (secondary N) is 1. The first-order valence-electron chi connectivity index (χ1n) is 7.08. The Kier molecular flexibility index (Phi) is 4.43. The summed E-state index contributed by atoms with van der Waals surface area (Å²) in [6.45, 7) is 7.81. The van der Waals surface area contributed by atoms with Crippen molar-refractivity contribution in [2.24, 2.45) is 11.7 Å². The molecule has 0 aliphatic carbocycles. The number of nitrogens with two attached hydrogens (primary N) is 1. The lowest BCUT2D eigenvalue weighted by molar-refractivity contribution is -0.118. The van der Waals surface area contributed by atoms with E-state index in [4.69, 9.17) is 5.73 Å². The molecule has 0 aliphatic rings. The first-order valence-corrected chi connectivity index (χ1v) is 7.08. The molecule has 0 bridgehead atoms. The molecule has 1 aromatic carbocycles. The smallest absolute Gasteiger partial charge is 0.241 e. The number of amides is 1. The van der Waals surface area contributed by atoms with Crippen LogP contribution < -0.4 is 11.1 Å². The Morgan fingerprint density at radius 1 is 1.29 bits per heavy atom. The lowest BCUT2D eigenvalue weighted by Crippen LogP contribution is -2.39. The maximum absolute atomic E-state index is 12.0. The highest BCUT2D eigenvalue weighted by Crippen LogP contribution is 2.17. The van der Waals surface area contributed by atoms with E-state index in [9.17, 15) is 4.79 Å². The molecule has 0 unspecified atom stereocenters. The number of hydrogen-bond acceptors (Lipinski definition) is 3. The number of benzene rings is 1. The van der Waals surface area contributed by atoms with E-state index in [1.807, 2.05) is 62.7 Å². The van der Waals surface area contributed by atoms with Crippen LogP contribution in [0.4, 0.5) is 5.69 Å². The fourth-order valence-corrected chi connectivity index (χ4v) is 2.13. The van der Waals surface area contributed by atoms with Gasteiger partial charge >= 0.3 is 0 Å². The predicted octanol–water partition coefficient (Wildman–Crippen LogP) is 2.41. The largest absolute Gasteiger partial charge is 0.325 e. The Hall–Kier alpha value is -2.14. The zero-order valence-electron chi connectivity index (χ0n) is 12.9. The van der Waals surface area contributed by atoms with Gasteiger partial charge in [-0.05, 0) is 44.0 Å². The molecule has 5 heteroatoms. The van der Waals surface area contributed by atoms with Gasteiger partial charge in [-0.1, -0.05) is 19.9 Å². The summed E-state index contributed by atoms with van der Waals surface area (Å²) in [5, 5.41) is 7.30. The van der Waals surface area contributed by atoms with Crippen LogP contribution in [0.3, 0.4) is 0 Å². The van der Waals surface area contributed by atoms with E-state index in [0.717, 1.165) is 22.8 Å². The van der Waals surface area contributed by atoms with Crippen molar-refractivity contribution in [1.29, 1.82) is 0 Å². The molecule has 1 atom stereocenters. The molecule has 1 amide bonds. The SMILES string of the molecule is Cc1cc(C)n(-c2cccc(NC(=O)[C@@H](N)C(C)C)c2)n1. The molecule has 3 N–H and O–H groups in total. The van der Waals surface area contributed by atoms with Crippen molar-refractivity contribution in [3.8, 4) is 5.69 Å². The third-order valence-electron chi connectivity index (χ3n) is 3.39. The molecule has 21 heavy (non-hydrogen) atoms. The Balaban J connectivity index is 2.22. The first-order chi connectivity index (χ1) is 9.88. The van der Waals surface area contributed by atoms with Gasteiger partial charge in [-0.25, -0.2) is 4.68 Å². The monoisotopic (exact) mass is 286 g/mol. The molecule has 0 radical (unpaired) electrons. The Morgan fingerprint density at radius 2 is 2.00 bits per heavy atom.